The quantitative estimate of drug-likeness (QED) is 0.872. The molecule has 1 atom stereocenters. The van der Waals surface area contributed by atoms with E-state index in [2.05, 4.69) is 5.32 Å². The lowest BCUT2D eigenvalue weighted by atomic mass is 9.94. The zero-order chi connectivity index (χ0) is 17.1. The zero-order valence-corrected chi connectivity index (χ0v) is 14.5. The predicted molar refractivity (Wildman–Crippen MR) is 95.7 cm³/mol. The fraction of sp³-hybridized carbons (Fsp3) is 0.278. The number of nitrogens with zero attached hydrogens (tertiary/aromatic N) is 1. The Morgan fingerprint density at radius 2 is 1.54 bits per heavy atom. The van der Waals surface area contributed by atoms with Crippen molar-refractivity contribution in [2.75, 3.05) is 19.6 Å². The molecule has 1 saturated heterocycles. The average molecular weight is 365 g/mol. The topological polar surface area (TPSA) is 52.6 Å². The second-order valence-electron chi connectivity index (χ2n) is 5.80. The van der Waals surface area contributed by atoms with Gasteiger partial charge in [0.15, 0.2) is 0 Å². The Bertz CT molecular complexity index is 658. The van der Waals surface area contributed by atoms with E-state index >= 15 is 0 Å². The van der Waals surface area contributed by atoms with E-state index in [1.54, 1.807) is 0 Å². The van der Waals surface area contributed by atoms with Crippen LogP contribution >= 0.6 is 23.2 Å². The number of halogens is 2. The summed E-state index contributed by atoms with van der Waals surface area (Å²) in [4.78, 5) is 13.7. The summed E-state index contributed by atoms with van der Waals surface area (Å²) in [6.45, 7) is 1.82. The van der Waals surface area contributed by atoms with Gasteiger partial charge in [0.05, 0.1) is 6.04 Å². The molecule has 1 heterocycles. The second-order valence-corrected chi connectivity index (χ2v) is 6.67. The summed E-state index contributed by atoms with van der Waals surface area (Å²) in [5, 5.41) is 14.1. The third kappa shape index (κ3) is 3.73. The third-order valence-electron chi connectivity index (χ3n) is 4.27. The molecular formula is C18H18Cl2N2O2. The van der Waals surface area contributed by atoms with Gasteiger partial charge in [-0.15, -0.1) is 0 Å². The standard InChI is InChI=1S/C18H18Cl2N2O2/c19-14-5-1-12(2-6-14)17(13-3-7-15(20)8-4-13)22-10-9-21-11-16(22)18(23)24/h1-8,16-17,21H,9-11H2,(H,23,24). The number of carboxylic acids is 1. The summed E-state index contributed by atoms with van der Waals surface area (Å²) in [6, 6.07) is 14.4. The van der Waals surface area contributed by atoms with Crippen molar-refractivity contribution < 1.29 is 9.90 Å². The van der Waals surface area contributed by atoms with Crippen LogP contribution in [0.5, 0.6) is 0 Å². The maximum atomic E-state index is 11.7. The number of hydrogen-bond donors (Lipinski definition) is 2. The van der Waals surface area contributed by atoms with Crippen molar-refractivity contribution in [3.8, 4) is 0 Å². The molecule has 0 amide bonds. The molecule has 0 aliphatic carbocycles. The molecule has 0 saturated carbocycles. The molecule has 6 heteroatoms. The Kier molecular flexibility index (Phi) is 5.41. The molecule has 1 unspecified atom stereocenters. The van der Waals surface area contributed by atoms with Crippen LogP contribution in [0.3, 0.4) is 0 Å². The molecule has 1 fully saturated rings. The van der Waals surface area contributed by atoms with Crippen LogP contribution in [0.25, 0.3) is 0 Å². The number of piperazine rings is 1. The van der Waals surface area contributed by atoms with Gasteiger partial charge in [0.2, 0.25) is 0 Å². The molecule has 4 nitrogen and oxygen atoms in total. The number of hydrogen-bond acceptors (Lipinski definition) is 3. The van der Waals surface area contributed by atoms with Gasteiger partial charge in [-0.25, -0.2) is 0 Å². The summed E-state index contributed by atoms with van der Waals surface area (Å²) >= 11 is 12.0. The maximum absolute atomic E-state index is 11.7. The molecule has 0 bridgehead atoms. The van der Waals surface area contributed by atoms with Crippen LogP contribution in [0.15, 0.2) is 48.5 Å². The van der Waals surface area contributed by atoms with Crippen molar-refractivity contribution in [2.45, 2.75) is 12.1 Å². The Morgan fingerprint density at radius 3 is 2.00 bits per heavy atom. The van der Waals surface area contributed by atoms with Crippen LogP contribution in [0.1, 0.15) is 17.2 Å². The van der Waals surface area contributed by atoms with Gasteiger partial charge in [0, 0.05) is 29.7 Å². The smallest absolute Gasteiger partial charge is 0.322 e. The van der Waals surface area contributed by atoms with E-state index in [1.165, 1.54) is 0 Å². The summed E-state index contributed by atoms with van der Waals surface area (Å²) < 4.78 is 0. The maximum Gasteiger partial charge on any atom is 0.322 e. The largest absolute Gasteiger partial charge is 0.480 e. The number of carbonyl (C=O) groups is 1. The van der Waals surface area contributed by atoms with Crippen LogP contribution in [0.2, 0.25) is 10.0 Å². The zero-order valence-electron chi connectivity index (χ0n) is 13.0. The molecule has 0 radical (unpaired) electrons. The lowest BCUT2D eigenvalue weighted by Gasteiger charge is -2.40. The third-order valence-corrected chi connectivity index (χ3v) is 4.78. The fourth-order valence-corrected chi connectivity index (χ4v) is 3.38. The minimum atomic E-state index is -0.824. The van der Waals surface area contributed by atoms with E-state index in [9.17, 15) is 9.90 Å². The Balaban J connectivity index is 2.05. The molecular weight excluding hydrogens is 347 g/mol. The Morgan fingerprint density at radius 1 is 1.04 bits per heavy atom. The van der Waals surface area contributed by atoms with Gasteiger partial charge in [0.25, 0.3) is 0 Å². The number of carboxylic acid groups (broad SMARTS) is 1. The van der Waals surface area contributed by atoms with Crippen molar-refractivity contribution in [1.29, 1.82) is 0 Å². The highest BCUT2D eigenvalue weighted by Crippen LogP contribution is 2.32. The van der Waals surface area contributed by atoms with Crippen molar-refractivity contribution in [1.82, 2.24) is 10.2 Å². The lowest BCUT2D eigenvalue weighted by Crippen LogP contribution is -2.56. The first-order valence-corrected chi connectivity index (χ1v) is 8.52. The molecule has 2 aromatic rings. The number of nitrogens with one attached hydrogen (secondary N) is 1. The van der Waals surface area contributed by atoms with E-state index in [4.69, 9.17) is 23.2 Å². The van der Waals surface area contributed by atoms with Gasteiger partial charge in [0.1, 0.15) is 6.04 Å². The van der Waals surface area contributed by atoms with Gasteiger partial charge in [-0.05, 0) is 35.4 Å². The lowest BCUT2D eigenvalue weighted by molar-refractivity contribution is -0.144. The van der Waals surface area contributed by atoms with E-state index in [-0.39, 0.29) is 6.04 Å². The molecule has 0 aromatic heterocycles. The van der Waals surface area contributed by atoms with Crippen LogP contribution < -0.4 is 5.32 Å². The summed E-state index contributed by atoms with van der Waals surface area (Å²) in [6.07, 6.45) is 0. The molecule has 3 rings (SSSR count). The minimum absolute atomic E-state index is 0.164. The molecule has 2 aromatic carbocycles. The molecule has 1 aliphatic rings. The highest BCUT2D eigenvalue weighted by molar-refractivity contribution is 6.30. The van der Waals surface area contributed by atoms with Crippen LogP contribution in [0, 0.1) is 0 Å². The normalized spacial score (nSPS) is 18.7. The van der Waals surface area contributed by atoms with E-state index in [1.807, 2.05) is 53.4 Å². The highest BCUT2D eigenvalue weighted by atomic mass is 35.5. The van der Waals surface area contributed by atoms with E-state index in [0.717, 1.165) is 17.7 Å². The van der Waals surface area contributed by atoms with Gasteiger partial charge in [-0.3, -0.25) is 9.69 Å². The molecule has 0 spiro atoms. The summed E-state index contributed by atoms with van der Waals surface area (Å²) in [7, 11) is 0. The van der Waals surface area contributed by atoms with Gasteiger partial charge >= 0.3 is 5.97 Å². The van der Waals surface area contributed by atoms with Crippen LogP contribution in [-0.2, 0) is 4.79 Å². The number of aliphatic carboxylic acids is 1. The monoisotopic (exact) mass is 364 g/mol. The Labute approximate surface area is 151 Å². The number of rotatable bonds is 4. The van der Waals surface area contributed by atoms with Gasteiger partial charge in [-0.2, -0.15) is 0 Å². The van der Waals surface area contributed by atoms with Crippen molar-refractivity contribution in [3.63, 3.8) is 0 Å². The van der Waals surface area contributed by atoms with Gasteiger partial charge in [-0.1, -0.05) is 47.5 Å². The van der Waals surface area contributed by atoms with E-state index < -0.39 is 12.0 Å². The minimum Gasteiger partial charge on any atom is -0.480 e. The SMILES string of the molecule is O=C(O)C1CNCCN1C(c1ccc(Cl)cc1)c1ccc(Cl)cc1. The second kappa shape index (κ2) is 7.53. The van der Waals surface area contributed by atoms with Crippen LogP contribution in [-0.4, -0.2) is 41.7 Å². The Hall–Kier alpha value is -1.59. The summed E-state index contributed by atoms with van der Waals surface area (Å²) in [5.41, 5.74) is 2.02. The fourth-order valence-electron chi connectivity index (χ4n) is 3.12. The molecule has 126 valence electrons. The molecule has 24 heavy (non-hydrogen) atoms. The summed E-state index contributed by atoms with van der Waals surface area (Å²) in [5.74, 6) is -0.824. The van der Waals surface area contributed by atoms with Crippen LogP contribution in [0.4, 0.5) is 0 Å². The highest BCUT2D eigenvalue weighted by Gasteiger charge is 2.35. The predicted octanol–water partition coefficient (Wildman–Crippen LogP) is 3.44. The first kappa shape index (κ1) is 17.2. The van der Waals surface area contributed by atoms with E-state index in [0.29, 0.717) is 23.1 Å². The first-order valence-electron chi connectivity index (χ1n) is 7.76. The molecule has 2 N–H and O–H groups in total. The van der Waals surface area contributed by atoms with Gasteiger partial charge < -0.3 is 10.4 Å². The number of benzene rings is 2. The van der Waals surface area contributed by atoms with Crippen molar-refractivity contribution >= 4 is 29.2 Å². The first-order chi connectivity index (χ1) is 11.6. The molecule has 1 aliphatic heterocycles. The average Bonchev–Trinajstić information content (AvgIpc) is 2.59. The van der Waals surface area contributed by atoms with Crippen molar-refractivity contribution in [2.24, 2.45) is 0 Å². The van der Waals surface area contributed by atoms with Crippen molar-refractivity contribution in [3.05, 3.63) is 69.7 Å².